The standard InChI is InChI=1S/C16H25N3O2/c17-14-7-5-13(6-8-14)11-19(12-16(18)20)9-1-3-15-4-2-10-21-15/h5-8,15H,1-4,9-12,17H2,(H2,18,20). The first-order valence-corrected chi connectivity index (χ1v) is 7.60. The van der Waals surface area contributed by atoms with Gasteiger partial charge in [0, 0.05) is 18.8 Å². The topological polar surface area (TPSA) is 81.6 Å². The molecule has 4 N–H and O–H groups in total. The third-order valence-electron chi connectivity index (χ3n) is 3.79. The number of carbonyl (C=O) groups excluding carboxylic acids is 1. The third-order valence-corrected chi connectivity index (χ3v) is 3.79. The van der Waals surface area contributed by atoms with E-state index in [1.807, 2.05) is 24.3 Å². The molecule has 5 heteroatoms. The highest BCUT2D eigenvalue weighted by atomic mass is 16.5. The van der Waals surface area contributed by atoms with E-state index in [0.29, 0.717) is 6.10 Å². The molecule has 21 heavy (non-hydrogen) atoms. The number of anilines is 1. The second kappa shape index (κ2) is 8.00. The van der Waals surface area contributed by atoms with E-state index in [9.17, 15) is 4.79 Å². The van der Waals surface area contributed by atoms with Gasteiger partial charge in [-0.25, -0.2) is 0 Å². The zero-order valence-electron chi connectivity index (χ0n) is 12.5. The van der Waals surface area contributed by atoms with Gasteiger partial charge in [-0.3, -0.25) is 9.69 Å². The van der Waals surface area contributed by atoms with Crippen molar-refractivity contribution in [1.29, 1.82) is 0 Å². The molecule has 1 aromatic carbocycles. The van der Waals surface area contributed by atoms with Crippen LogP contribution in [0.1, 0.15) is 31.2 Å². The predicted octanol–water partition coefficient (Wildman–Crippen LogP) is 1.52. The molecule has 1 aromatic rings. The summed E-state index contributed by atoms with van der Waals surface area (Å²) in [5, 5.41) is 0. The van der Waals surface area contributed by atoms with Gasteiger partial charge in [-0.15, -0.1) is 0 Å². The Morgan fingerprint density at radius 2 is 2.10 bits per heavy atom. The Bertz CT molecular complexity index is 441. The number of benzene rings is 1. The molecule has 0 radical (unpaired) electrons. The van der Waals surface area contributed by atoms with Crippen LogP contribution in [0.3, 0.4) is 0 Å². The first kappa shape index (κ1) is 15.8. The fourth-order valence-electron chi connectivity index (χ4n) is 2.73. The second-order valence-electron chi connectivity index (χ2n) is 5.70. The van der Waals surface area contributed by atoms with E-state index in [4.69, 9.17) is 16.2 Å². The highest BCUT2D eigenvalue weighted by Gasteiger charge is 2.16. The number of nitrogen functional groups attached to an aromatic ring is 1. The lowest BCUT2D eigenvalue weighted by atomic mass is 10.1. The van der Waals surface area contributed by atoms with Crippen LogP contribution < -0.4 is 11.5 Å². The lowest BCUT2D eigenvalue weighted by molar-refractivity contribution is -0.119. The average Bonchev–Trinajstić information content (AvgIpc) is 2.94. The van der Waals surface area contributed by atoms with Gasteiger partial charge in [0.2, 0.25) is 5.91 Å². The van der Waals surface area contributed by atoms with Crippen LogP contribution in [0.15, 0.2) is 24.3 Å². The van der Waals surface area contributed by atoms with Gasteiger partial charge in [-0.2, -0.15) is 0 Å². The lowest BCUT2D eigenvalue weighted by Gasteiger charge is -2.21. The molecule has 1 fully saturated rings. The van der Waals surface area contributed by atoms with Crippen molar-refractivity contribution in [1.82, 2.24) is 4.90 Å². The Morgan fingerprint density at radius 3 is 2.71 bits per heavy atom. The number of ether oxygens (including phenoxy) is 1. The predicted molar refractivity (Wildman–Crippen MR) is 83.5 cm³/mol. The highest BCUT2D eigenvalue weighted by molar-refractivity contribution is 5.75. The maximum Gasteiger partial charge on any atom is 0.231 e. The first-order valence-electron chi connectivity index (χ1n) is 7.60. The molecule has 0 saturated carbocycles. The second-order valence-corrected chi connectivity index (χ2v) is 5.70. The normalized spacial score (nSPS) is 18.2. The summed E-state index contributed by atoms with van der Waals surface area (Å²) in [6.07, 6.45) is 4.80. The van der Waals surface area contributed by atoms with Gasteiger partial charge in [0.15, 0.2) is 0 Å². The van der Waals surface area contributed by atoms with Gasteiger partial charge >= 0.3 is 0 Å². The molecule has 1 saturated heterocycles. The molecule has 1 aliphatic rings. The zero-order valence-corrected chi connectivity index (χ0v) is 12.5. The third kappa shape index (κ3) is 5.73. The molecule has 1 amide bonds. The molecule has 116 valence electrons. The largest absolute Gasteiger partial charge is 0.399 e. The molecular formula is C16H25N3O2. The molecule has 1 heterocycles. The van der Waals surface area contributed by atoms with E-state index in [1.54, 1.807) is 0 Å². The van der Waals surface area contributed by atoms with Gasteiger partial charge in [0.25, 0.3) is 0 Å². The van der Waals surface area contributed by atoms with E-state index in [1.165, 1.54) is 6.42 Å². The number of primary amides is 1. The fraction of sp³-hybridized carbons (Fsp3) is 0.562. The van der Waals surface area contributed by atoms with E-state index in [-0.39, 0.29) is 12.5 Å². The minimum atomic E-state index is -0.289. The summed E-state index contributed by atoms with van der Waals surface area (Å²) in [7, 11) is 0. The summed E-state index contributed by atoms with van der Waals surface area (Å²) in [4.78, 5) is 13.3. The molecule has 1 unspecified atom stereocenters. The molecule has 0 spiro atoms. The van der Waals surface area contributed by atoms with Gasteiger partial charge < -0.3 is 16.2 Å². The summed E-state index contributed by atoms with van der Waals surface area (Å²) < 4.78 is 5.62. The van der Waals surface area contributed by atoms with E-state index in [2.05, 4.69) is 4.90 Å². The van der Waals surface area contributed by atoms with Crippen molar-refractivity contribution < 1.29 is 9.53 Å². The highest BCUT2D eigenvalue weighted by Crippen LogP contribution is 2.17. The van der Waals surface area contributed by atoms with Crippen LogP contribution in [0, 0.1) is 0 Å². The SMILES string of the molecule is NC(=O)CN(CCCC1CCCO1)Cc1ccc(N)cc1. The summed E-state index contributed by atoms with van der Waals surface area (Å²) in [5.74, 6) is -0.289. The van der Waals surface area contributed by atoms with Crippen LogP contribution >= 0.6 is 0 Å². The fourth-order valence-corrected chi connectivity index (χ4v) is 2.73. The maximum atomic E-state index is 11.2. The number of rotatable bonds is 8. The van der Waals surface area contributed by atoms with Crippen LogP contribution in [0.2, 0.25) is 0 Å². The molecule has 0 aliphatic carbocycles. The van der Waals surface area contributed by atoms with E-state index < -0.39 is 0 Å². The molecule has 0 aromatic heterocycles. The number of hydrogen-bond acceptors (Lipinski definition) is 4. The van der Waals surface area contributed by atoms with Gasteiger partial charge in [0.1, 0.15) is 0 Å². The van der Waals surface area contributed by atoms with Crippen molar-refractivity contribution in [3.05, 3.63) is 29.8 Å². The van der Waals surface area contributed by atoms with Crippen molar-refractivity contribution in [3.8, 4) is 0 Å². The lowest BCUT2D eigenvalue weighted by Crippen LogP contribution is -2.34. The maximum absolute atomic E-state index is 11.2. The van der Waals surface area contributed by atoms with Crippen molar-refractivity contribution >= 4 is 11.6 Å². The molecule has 1 aliphatic heterocycles. The average molecular weight is 291 g/mol. The summed E-state index contributed by atoms with van der Waals surface area (Å²) in [6.45, 7) is 2.75. The Labute approximate surface area is 126 Å². The Kier molecular flexibility index (Phi) is 6.02. The zero-order chi connectivity index (χ0) is 15.1. The summed E-state index contributed by atoms with van der Waals surface area (Å²) in [6, 6.07) is 7.74. The number of nitrogens with two attached hydrogens (primary N) is 2. The summed E-state index contributed by atoms with van der Waals surface area (Å²) >= 11 is 0. The van der Waals surface area contributed by atoms with Crippen molar-refractivity contribution in [2.75, 3.05) is 25.4 Å². The van der Waals surface area contributed by atoms with Crippen LogP contribution in [-0.4, -0.2) is 36.6 Å². The van der Waals surface area contributed by atoms with Crippen molar-refractivity contribution in [2.24, 2.45) is 5.73 Å². The van der Waals surface area contributed by atoms with Gasteiger partial charge in [-0.1, -0.05) is 12.1 Å². The van der Waals surface area contributed by atoms with E-state index >= 15 is 0 Å². The first-order chi connectivity index (χ1) is 10.1. The molecular weight excluding hydrogens is 266 g/mol. The van der Waals surface area contributed by atoms with Crippen molar-refractivity contribution in [2.45, 2.75) is 38.3 Å². The quantitative estimate of drug-likeness (QED) is 0.711. The van der Waals surface area contributed by atoms with E-state index in [0.717, 1.165) is 50.2 Å². The molecule has 2 rings (SSSR count). The smallest absolute Gasteiger partial charge is 0.231 e. The Balaban J connectivity index is 1.81. The number of hydrogen-bond donors (Lipinski definition) is 2. The monoisotopic (exact) mass is 291 g/mol. The van der Waals surface area contributed by atoms with Crippen LogP contribution in [0.5, 0.6) is 0 Å². The summed E-state index contributed by atoms with van der Waals surface area (Å²) in [5.41, 5.74) is 12.9. The Hall–Kier alpha value is -1.59. The van der Waals surface area contributed by atoms with Crippen LogP contribution in [0.25, 0.3) is 0 Å². The van der Waals surface area contributed by atoms with Crippen molar-refractivity contribution in [3.63, 3.8) is 0 Å². The number of nitrogens with zero attached hydrogens (tertiary/aromatic N) is 1. The molecule has 1 atom stereocenters. The molecule has 5 nitrogen and oxygen atoms in total. The van der Waals surface area contributed by atoms with Gasteiger partial charge in [-0.05, 0) is 49.9 Å². The minimum Gasteiger partial charge on any atom is -0.399 e. The molecule has 0 bridgehead atoms. The Morgan fingerprint density at radius 1 is 1.33 bits per heavy atom. The van der Waals surface area contributed by atoms with Crippen LogP contribution in [-0.2, 0) is 16.1 Å². The number of carbonyl (C=O) groups is 1. The minimum absolute atomic E-state index is 0.288. The van der Waals surface area contributed by atoms with Gasteiger partial charge in [0.05, 0.1) is 12.6 Å². The number of amides is 1. The van der Waals surface area contributed by atoms with Crippen LogP contribution in [0.4, 0.5) is 5.69 Å².